The Morgan fingerprint density at radius 2 is 1.53 bits per heavy atom. The van der Waals surface area contributed by atoms with Crippen molar-refractivity contribution in [1.82, 2.24) is 4.90 Å². The predicted octanol–water partition coefficient (Wildman–Crippen LogP) is 2.41. The zero-order valence-corrected chi connectivity index (χ0v) is 18.0. The molecule has 0 aromatic heterocycles. The summed E-state index contributed by atoms with van der Waals surface area (Å²) >= 11 is 0. The lowest BCUT2D eigenvalue weighted by atomic mass is 10.2. The van der Waals surface area contributed by atoms with Crippen LogP contribution in [0.3, 0.4) is 0 Å². The molecule has 1 aliphatic rings. The molecule has 1 N–H and O–H groups in total. The van der Waals surface area contributed by atoms with Crippen LogP contribution < -0.4 is 19.1 Å². The number of aliphatic hydroxyl groups excluding tert-OH is 1. The lowest BCUT2D eigenvalue weighted by Crippen LogP contribution is -2.49. The molecule has 30 heavy (non-hydrogen) atoms. The molecule has 2 aromatic rings. The maximum atomic E-state index is 10.4. The third-order valence-electron chi connectivity index (χ3n) is 5.27. The number of ether oxygens (including phenoxy) is 4. The first-order chi connectivity index (χ1) is 14.6. The van der Waals surface area contributed by atoms with Crippen molar-refractivity contribution in [3.8, 4) is 17.2 Å². The highest BCUT2D eigenvalue weighted by atomic mass is 16.5. The third kappa shape index (κ3) is 5.78. The summed E-state index contributed by atoms with van der Waals surface area (Å²) in [6.45, 7) is 5.02. The monoisotopic (exact) mass is 416 g/mol. The smallest absolute Gasteiger partial charge is 0.203 e. The van der Waals surface area contributed by atoms with Crippen molar-refractivity contribution in [2.24, 2.45) is 0 Å². The van der Waals surface area contributed by atoms with Gasteiger partial charge in [-0.3, -0.25) is 4.90 Å². The van der Waals surface area contributed by atoms with Crippen molar-refractivity contribution >= 4 is 5.69 Å². The van der Waals surface area contributed by atoms with Gasteiger partial charge in [0.2, 0.25) is 5.75 Å². The Kier molecular flexibility index (Phi) is 8.19. The Hall–Kier alpha value is -2.48. The van der Waals surface area contributed by atoms with Crippen molar-refractivity contribution in [2.75, 3.05) is 65.6 Å². The zero-order chi connectivity index (χ0) is 21.3. The minimum Gasteiger partial charge on any atom is -0.493 e. The number of aliphatic hydroxyl groups is 1. The molecule has 1 fully saturated rings. The number of anilines is 1. The van der Waals surface area contributed by atoms with E-state index < -0.39 is 6.10 Å². The van der Waals surface area contributed by atoms with E-state index in [1.807, 2.05) is 18.2 Å². The highest BCUT2D eigenvalue weighted by molar-refractivity contribution is 5.53. The number of hydrogen-bond donors (Lipinski definition) is 1. The Bertz CT molecular complexity index is 753. The highest BCUT2D eigenvalue weighted by Crippen LogP contribution is 2.38. The molecule has 3 rings (SSSR count). The van der Waals surface area contributed by atoms with E-state index in [-0.39, 0.29) is 6.61 Å². The Balaban J connectivity index is 1.43. The van der Waals surface area contributed by atoms with Gasteiger partial charge in [0.05, 0.1) is 40.6 Å². The van der Waals surface area contributed by atoms with Gasteiger partial charge in [-0.2, -0.15) is 0 Å². The van der Waals surface area contributed by atoms with Gasteiger partial charge in [-0.15, -0.1) is 0 Å². The molecule has 1 atom stereocenters. The second kappa shape index (κ2) is 11.1. The SMILES string of the molecule is COc1cc(COC[C@H](O)CN2CCN(c3ccccc3)CC2)cc(OC)c1OC. The van der Waals surface area contributed by atoms with E-state index in [4.69, 9.17) is 18.9 Å². The minimum absolute atomic E-state index is 0.273. The number of para-hydroxylation sites is 1. The first kappa shape index (κ1) is 22.2. The van der Waals surface area contributed by atoms with Crippen LogP contribution in [0, 0.1) is 0 Å². The van der Waals surface area contributed by atoms with Gasteiger partial charge in [0, 0.05) is 38.4 Å². The topological polar surface area (TPSA) is 63.6 Å². The maximum absolute atomic E-state index is 10.4. The number of hydrogen-bond acceptors (Lipinski definition) is 7. The predicted molar refractivity (Wildman–Crippen MR) is 117 cm³/mol. The molecular formula is C23H32N2O5. The van der Waals surface area contributed by atoms with E-state index in [0.717, 1.165) is 31.7 Å². The van der Waals surface area contributed by atoms with Crippen LogP contribution in [0.25, 0.3) is 0 Å². The molecule has 2 aromatic carbocycles. The van der Waals surface area contributed by atoms with E-state index in [0.29, 0.717) is 30.4 Å². The van der Waals surface area contributed by atoms with Crippen molar-refractivity contribution in [2.45, 2.75) is 12.7 Å². The summed E-state index contributed by atoms with van der Waals surface area (Å²) in [6.07, 6.45) is -0.532. The van der Waals surface area contributed by atoms with Gasteiger partial charge in [-0.1, -0.05) is 18.2 Å². The zero-order valence-electron chi connectivity index (χ0n) is 18.0. The fourth-order valence-corrected chi connectivity index (χ4v) is 3.71. The summed E-state index contributed by atoms with van der Waals surface area (Å²) in [4.78, 5) is 4.66. The number of β-amino-alcohol motifs (C(OH)–C–C–N with tert-alkyl or cyclic N) is 1. The molecule has 1 saturated heterocycles. The number of piperazine rings is 1. The molecule has 1 heterocycles. The molecule has 0 saturated carbocycles. The second-order valence-electron chi connectivity index (χ2n) is 7.33. The van der Waals surface area contributed by atoms with Crippen LogP contribution in [0.5, 0.6) is 17.2 Å². The average molecular weight is 417 g/mol. The number of nitrogens with zero attached hydrogens (tertiary/aromatic N) is 2. The Morgan fingerprint density at radius 3 is 2.10 bits per heavy atom. The van der Waals surface area contributed by atoms with E-state index in [2.05, 4.69) is 34.1 Å². The van der Waals surface area contributed by atoms with Crippen molar-refractivity contribution in [3.05, 3.63) is 48.0 Å². The number of rotatable bonds is 10. The number of benzene rings is 2. The summed E-state index contributed by atoms with van der Waals surface area (Å²) in [7, 11) is 4.75. The third-order valence-corrected chi connectivity index (χ3v) is 5.27. The average Bonchev–Trinajstić information content (AvgIpc) is 2.79. The standard InChI is InChI=1S/C23H32N2O5/c1-27-21-13-18(14-22(28-2)23(21)29-3)16-30-17-20(26)15-24-9-11-25(12-10-24)19-7-5-4-6-8-19/h4-8,13-14,20,26H,9-12,15-17H2,1-3H3/t20-/m1/s1. The fourth-order valence-electron chi connectivity index (χ4n) is 3.71. The van der Waals surface area contributed by atoms with Gasteiger partial charge in [-0.25, -0.2) is 0 Å². The summed E-state index contributed by atoms with van der Waals surface area (Å²) in [6, 6.07) is 14.2. The van der Waals surface area contributed by atoms with Crippen LogP contribution in [0.15, 0.2) is 42.5 Å². The van der Waals surface area contributed by atoms with Gasteiger partial charge in [0.25, 0.3) is 0 Å². The van der Waals surface area contributed by atoms with Gasteiger partial charge in [0.15, 0.2) is 11.5 Å². The molecule has 0 bridgehead atoms. The lowest BCUT2D eigenvalue weighted by Gasteiger charge is -2.36. The summed E-state index contributed by atoms with van der Waals surface area (Å²) in [5.74, 6) is 1.73. The van der Waals surface area contributed by atoms with Crippen LogP contribution in [0.4, 0.5) is 5.69 Å². The van der Waals surface area contributed by atoms with Crippen molar-refractivity contribution in [1.29, 1.82) is 0 Å². The molecule has 1 aliphatic heterocycles. The van der Waals surface area contributed by atoms with Crippen LogP contribution >= 0.6 is 0 Å². The Morgan fingerprint density at radius 1 is 0.900 bits per heavy atom. The van der Waals surface area contributed by atoms with Crippen LogP contribution in [0.1, 0.15) is 5.56 Å². The van der Waals surface area contributed by atoms with Gasteiger partial charge in [0.1, 0.15) is 0 Å². The molecule has 7 nitrogen and oxygen atoms in total. The first-order valence-electron chi connectivity index (χ1n) is 10.2. The molecular weight excluding hydrogens is 384 g/mol. The van der Waals surface area contributed by atoms with Crippen LogP contribution in [-0.4, -0.2) is 76.8 Å². The summed E-state index contributed by atoms with van der Waals surface area (Å²) in [5, 5.41) is 10.4. The maximum Gasteiger partial charge on any atom is 0.203 e. The quantitative estimate of drug-likeness (QED) is 0.638. The summed E-state index contributed by atoms with van der Waals surface area (Å²) in [5.41, 5.74) is 2.15. The first-order valence-corrected chi connectivity index (χ1v) is 10.2. The molecule has 0 spiro atoms. The van der Waals surface area contributed by atoms with E-state index in [9.17, 15) is 5.11 Å². The number of methoxy groups -OCH3 is 3. The molecule has 0 amide bonds. The molecule has 7 heteroatoms. The molecule has 164 valence electrons. The lowest BCUT2D eigenvalue weighted by molar-refractivity contribution is 0.00905. The van der Waals surface area contributed by atoms with Gasteiger partial charge in [-0.05, 0) is 29.8 Å². The molecule has 0 aliphatic carbocycles. The Labute approximate surface area is 178 Å². The summed E-state index contributed by atoms with van der Waals surface area (Å²) < 4.78 is 21.8. The molecule has 0 radical (unpaired) electrons. The van der Waals surface area contributed by atoms with Crippen LogP contribution in [-0.2, 0) is 11.3 Å². The second-order valence-corrected chi connectivity index (χ2v) is 7.33. The molecule has 0 unspecified atom stereocenters. The van der Waals surface area contributed by atoms with Gasteiger partial charge >= 0.3 is 0 Å². The van der Waals surface area contributed by atoms with E-state index in [1.54, 1.807) is 21.3 Å². The largest absolute Gasteiger partial charge is 0.493 e. The van der Waals surface area contributed by atoms with Crippen molar-refractivity contribution in [3.63, 3.8) is 0 Å². The van der Waals surface area contributed by atoms with Crippen molar-refractivity contribution < 1.29 is 24.1 Å². The minimum atomic E-state index is -0.532. The normalized spacial score (nSPS) is 15.7. The van der Waals surface area contributed by atoms with E-state index >= 15 is 0 Å². The fraction of sp³-hybridized carbons (Fsp3) is 0.478. The van der Waals surface area contributed by atoms with Crippen LogP contribution in [0.2, 0.25) is 0 Å². The highest BCUT2D eigenvalue weighted by Gasteiger charge is 2.20. The van der Waals surface area contributed by atoms with E-state index in [1.165, 1.54) is 5.69 Å². The van der Waals surface area contributed by atoms with Gasteiger partial charge < -0.3 is 29.0 Å².